The van der Waals surface area contributed by atoms with Crippen LogP contribution in [-0.4, -0.2) is 48.5 Å². The first-order valence-corrected chi connectivity index (χ1v) is 11.3. The molecule has 1 amide bonds. The zero-order chi connectivity index (χ0) is 20.5. The van der Waals surface area contributed by atoms with E-state index in [1.54, 1.807) is 6.07 Å². The summed E-state index contributed by atoms with van der Waals surface area (Å²) in [5.74, 6) is 0.445. The van der Waals surface area contributed by atoms with Gasteiger partial charge in [-0.2, -0.15) is 0 Å². The highest BCUT2D eigenvalue weighted by molar-refractivity contribution is 14.0. The number of hydrogen-bond donors (Lipinski definition) is 3. The number of guanidine groups is 1. The zero-order valence-corrected chi connectivity index (χ0v) is 20.6. The minimum absolute atomic E-state index is 0. The quantitative estimate of drug-likeness (QED) is 0.287. The van der Waals surface area contributed by atoms with Crippen molar-refractivity contribution in [2.75, 3.05) is 26.2 Å². The molecule has 1 heterocycles. The summed E-state index contributed by atoms with van der Waals surface area (Å²) in [5.41, 5.74) is 7.18. The van der Waals surface area contributed by atoms with Crippen molar-refractivity contribution in [2.45, 2.75) is 70.4 Å². The summed E-state index contributed by atoms with van der Waals surface area (Å²) in [6.45, 7) is 6.84. The standard InChI is InChI=1S/C23H37N5O.HI/c1-2-25-22(26-17-19-10-9-11-20(16-19)21(24)29)27-18-23(12-5-3-6-13-23)28-14-7-4-8-15-28;/h9-11,16H,2-8,12-15,17-18H2,1H3,(H2,24,29)(H2,25,26,27);1H. The molecular weight excluding hydrogens is 489 g/mol. The lowest BCUT2D eigenvalue weighted by atomic mass is 9.79. The summed E-state index contributed by atoms with van der Waals surface area (Å²) in [4.78, 5) is 18.9. The van der Waals surface area contributed by atoms with Crippen LogP contribution in [0.25, 0.3) is 0 Å². The first-order chi connectivity index (χ1) is 14.1. The fourth-order valence-electron chi connectivity index (χ4n) is 4.77. The molecular formula is C23H38IN5O. The Kier molecular flexibility index (Phi) is 10.4. The maximum absolute atomic E-state index is 11.4. The van der Waals surface area contributed by atoms with Crippen LogP contribution in [0.5, 0.6) is 0 Å². The minimum atomic E-state index is -0.401. The molecule has 4 N–H and O–H groups in total. The number of carbonyl (C=O) groups excluding carboxylic acids is 1. The third-order valence-electron chi connectivity index (χ3n) is 6.37. The van der Waals surface area contributed by atoms with E-state index in [0.29, 0.717) is 12.1 Å². The van der Waals surface area contributed by atoms with Gasteiger partial charge in [-0.15, -0.1) is 24.0 Å². The van der Waals surface area contributed by atoms with Crippen LogP contribution in [0.15, 0.2) is 29.3 Å². The van der Waals surface area contributed by atoms with Crippen LogP contribution in [0.2, 0.25) is 0 Å². The number of amides is 1. The molecule has 0 radical (unpaired) electrons. The number of nitrogens with zero attached hydrogens (tertiary/aromatic N) is 2. The molecule has 1 aliphatic heterocycles. The Balaban J connectivity index is 0.00000320. The molecule has 6 nitrogen and oxygen atoms in total. The lowest BCUT2D eigenvalue weighted by Crippen LogP contribution is -2.59. The van der Waals surface area contributed by atoms with Crippen molar-refractivity contribution in [3.8, 4) is 0 Å². The average molecular weight is 527 g/mol. The fraction of sp³-hybridized carbons (Fsp3) is 0.652. The van der Waals surface area contributed by atoms with Crippen LogP contribution in [0.3, 0.4) is 0 Å². The minimum Gasteiger partial charge on any atom is -0.366 e. The molecule has 0 bridgehead atoms. The number of hydrogen-bond acceptors (Lipinski definition) is 3. The fourth-order valence-corrected chi connectivity index (χ4v) is 4.77. The van der Waals surface area contributed by atoms with Gasteiger partial charge in [0.1, 0.15) is 0 Å². The Morgan fingerprint density at radius 2 is 1.80 bits per heavy atom. The van der Waals surface area contributed by atoms with Gasteiger partial charge in [0.2, 0.25) is 5.91 Å². The van der Waals surface area contributed by atoms with Crippen LogP contribution in [-0.2, 0) is 6.54 Å². The van der Waals surface area contributed by atoms with Gasteiger partial charge >= 0.3 is 0 Å². The number of halogens is 1. The first kappa shape index (κ1) is 24.9. The molecule has 2 aliphatic rings. The molecule has 1 aliphatic carbocycles. The van der Waals surface area contributed by atoms with Crippen LogP contribution < -0.4 is 16.4 Å². The van der Waals surface area contributed by atoms with Crippen molar-refractivity contribution in [2.24, 2.45) is 10.7 Å². The second-order valence-corrected chi connectivity index (χ2v) is 8.45. The van der Waals surface area contributed by atoms with Crippen molar-refractivity contribution < 1.29 is 4.79 Å². The van der Waals surface area contributed by atoms with Crippen LogP contribution >= 0.6 is 24.0 Å². The van der Waals surface area contributed by atoms with E-state index >= 15 is 0 Å². The van der Waals surface area contributed by atoms with Gasteiger partial charge in [0.15, 0.2) is 5.96 Å². The van der Waals surface area contributed by atoms with E-state index in [9.17, 15) is 4.79 Å². The van der Waals surface area contributed by atoms with Gasteiger partial charge in [0.25, 0.3) is 0 Å². The van der Waals surface area contributed by atoms with E-state index in [0.717, 1.165) is 24.6 Å². The van der Waals surface area contributed by atoms with Gasteiger partial charge in [0.05, 0.1) is 6.54 Å². The third-order valence-corrected chi connectivity index (χ3v) is 6.37. The number of aliphatic imine (C=N–C) groups is 1. The van der Waals surface area contributed by atoms with Gasteiger partial charge in [-0.3, -0.25) is 9.69 Å². The monoisotopic (exact) mass is 527 g/mol. The Morgan fingerprint density at radius 1 is 1.10 bits per heavy atom. The van der Waals surface area contributed by atoms with Gasteiger partial charge in [0, 0.05) is 24.2 Å². The lowest BCUT2D eigenvalue weighted by molar-refractivity contribution is 0.0368. The Bertz CT molecular complexity index is 697. The number of carbonyl (C=O) groups is 1. The highest BCUT2D eigenvalue weighted by atomic mass is 127. The van der Waals surface area contributed by atoms with E-state index in [1.165, 1.54) is 64.5 Å². The number of rotatable bonds is 7. The summed E-state index contributed by atoms with van der Waals surface area (Å²) in [7, 11) is 0. The van der Waals surface area contributed by atoms with Gasteiger partial charge in [-0.1, -0.05) is 37.8 Å². The number of nitrogens with two attached hydrogens (primary N) is 1. The third kappa shape index (κ3) is 6.83. The predicted molar refractivity (Wildman–Crippen MR) is 134 cm³/mol. The smallest absolute Gasteiger partial charge is 0.248 e. The molecule has 2 fully saturated rings. The van der Waals surface area contributed by atoms with Crippen molar-refractivity contribution in [3.63, 3.8) is 0 Å². The van der Waals surface area contributed by atoms with Gasteiger partial charge in [-0.05, 0) is 63.4 Å². The lowest BCUT2D eigenvalue weighted by Gasteiger charge is -2.48. The van der Waals surface area contributed by atoms with E-state index in [2.05, 4.69) is 22.5 Å². The van der Waals surface area contributed by atoms with Gasteiger partial charge in [-0.25, -0.2) is 4.99 Å². The molecule has 7 heteroatoms. The maximum Gasteiger partial charge on any atom is 0.248 e. The highest BCUT2D eigenvalue weighted by Gasteiger charge is 2.38. The molecule has 0 aromatic heterocycles. The molecule has 1 aromatic carbocycles. The second-order valence-electron chi connectivity index (χ2n) is 8.45. The van der Waals surface area contributed by atoms with Crippen molar-refractivity contribution in [3.05, 3.63) is 35.4 Å². The molecule has 0 unspecified atom stereocenters. The molecule has 1 saturated heterocycles. The number of primary amides is 1. The number of nitrogens with one attached hydrogen (secondary N) is 2. The Labute approximate surface area is 198 Å². The van der Waals surface area contributed by atoms with E-state index in [1.807, 2.05) is 18.2 Å². The van der Waals surface area contributed by atoms with Crippen molar-refractivity contribution in [1.29, 1.82) is 0 Å². The number of benzene rings is 1. The molecule has 1 saturated carbocycles. The highest BCUT2D eigenvalue weighted by Crippen LogP contribution is 2.35. The molecule has 0 atom stereocenters. The molecule has 30 heavy (non-hydrogen) atoms. The summed E-state index contributed by atoms with van der Waals surface area (Å²) in [6, 6.07) is 7.41. The first-order valence-electron chi connectivity index (χ1n) is 11.3. The maximum atomic E-state index is 11.4. The van der Waals surface area contributed by atoms with E-state index in [4.69, 9.17) is 10.7 Å². The summed E-state index contributed by atoms with van der Waals surface area (Å²) in [6.07, 6.45) is 10.6. The molecule has 3 rings (SSSR count). The molecule has 1 aromatic rings. The summed E-state index contributed by atoms with van der Waals surface area (Å²) in [5, 5.41) is 7.02. The van der Waals surface area contributed by atoms with Crippen molar-refractivity contribution >= 4 is 35.8 Å². The van der Waals surface area contributed by atoms with Crippen molar-refractivity contribution in [1.82, 2.24) is 15.5 Å². The predicted octanol–water partition coefficient (Wildman–Crippen LogP) is 3.65. The van der Waals surface area contributed by atoms with E-state index in [-0.39, 0.29) is 29.5 Å². The topological polar surface area (TPSA) is 82.7 Å². The number of likely N-dealkylation sites (tertiary alicyclic amines) is 1. The molecule has 168 valence electrons. The Morgan fingerprint density at radius 3 is 2.47 bits per heavy atom. The van der Waals surface area contributed by atoms with Crippen LogP contribution in [0.1, 0.15) is 74.2 Å². The number of piperidine rings is 1. The average Bonchev–Trinajstić information content (AvgIpc) is 2.77. The largest absolute Gasteiger partial charge is 0.366 e. The molecule has 0 spiro atoms. The normalized spacial score (nSPS) is 19.6. The zero-order valence-electron chi connectivity index (χ0n) is 18.3. The Hall–Kier alpha value is -1.35. The van der Waals surface area contributed by atoms with Crippen LogP contribution in [0, 0.1) is 0 Å². The summed E-state index contributed by atoms with van der Waals surface area (Å²) < 4.78 is 0. The SMILES string of the molecule is CCNC(=NCc1cccc(C(N)=O)c1)NCC1(N2CCCCC2)CCCCC1.I. The summed E-state index contributed by atoms with van der Waals surface area (Å²) >= 11 is 0. The van der Waals surface area contributed by atoms with Gasteiger partial charge < -0.3 is 16.4 Å². The second kappa shape index (κ2) is 12.5. The van der Waals surface area contributed by atoms with Crippen LogP contribution in [0.4, 0.5) is 0 Å². The van der Waals surface area contributed by atoms with E-state index < -0.39 is 5.91 Å².